The van der Waals surface area contributed by atoms with Gasteiger partial charge >= 0.3 is 5.97 Å². The van der Waals surface area contributed by atoms with Crippen LogP contribution < -0.4 is 5.32 Å². The van der Waals surface area contributed by atoms with Crippen molar-refractivity contribution >= 4 is 22.9 Å². The summed E-state index contributed by atoms with van der Waals surface area (Å²) in [5, 5.41) is 4.43. The van der Waals surface area contributed by atoms with Crippen molar-refractivity contribution in [2.45, 2.75) is 26.3 Å². The van der Waals surface area contributed by atoms with Gasteiger partial charge in [0.05, 0.1) is 19.1 Å². The summed E-state index contributed by atoms with van der Waals surface area (Å²) < 4.78 is 11.0. The first kappa shape index (κ1) is 17.3. The zero-order chi connectivity index (χ0) is 17.6. The number of aliphatic imine (C=N–C) groups is 1. The van der Waals surface area contributed by atoms with Gasteiger partial charge in [-0.25, -0.2) is 0 Å². The molecule has 1 aliphatic heterocycles. The molecular formula is C19H25N3O3. The Hall–Kier alpha value is -2.50. The minimum Gasteiger partial charge on any atom is -0.466 e. The summed E-state index contributed by atoms with van der Waals surface area (Å²) >= 11 is 0. The first-order valence-electron chi connectivity index (χ1n) is 8.81. The molecule has 0 bridgehead atoms. The van der Waals surface area contributed by atoms with E-state index in [1.807, 2.05) is 37.3 Å². The first-order valence-corrected chi connectivity index (χ1v) is 8.81. The lowest BCUT2D eigenvalue weighted by molar-refractivity contribution is -0.149. The number of guanidine groups is 1. The molecule has 0 amide bonds. The van der Waals surface area contributed by atoms with Crippen LogP contribution in [0.4, 0.5) is 0 Å². The fourth-order valence-electron chi connectivity index (χ4n) is 3.24. The van der Waals surface area contributed by atoms with Crippen LogP contribution in [-0.2, 0) is 16.1 Å². The topological polar surface area (TPSA) is 67.1 Å². The molecule has 1 aliphatic rings. The van der Waals surface area contributed by atoms with Gasteiger partial charge in [0.2, 0.25) is 0 Å². The summed E-state index contributed by atoms with van der Waals surface area (Å²) in [6.45, 7) is 4.34. The number of carbonyl (C=O) groups is 1. The van der Waals surface area contributed by atoms with Crippen LogP contribution in [0.5, 0.6) is 0 Å². The van der Waals surface area contributed by atoms with Crippen LogP contribution >= 0.6 is 0 Å². The molecule has 0 saturated carbocycles. The molecule has 6 heteroatoms. The van der Waals surface area contributed by atoms with Crippen LogP contribution in [0.3, 0.4) is 0 Å². The van der Waals surface area contributed by atoms with Gasteiger partial charge in [-0.05, 0) is 31.9 Å². The number of ether oxygens (including phenoxy) is 1. The number of nitrogens with zero attached hydrogens (tertiary/aromatic N) is 2. The summed E-state index contributed by atoms with van der Waals surface area (Å²) in [7, 11) is 1.76. The molecule has 1 unspecified atom stereocenters. The van der Waals surface area contributed by atoms with Gasteiger partial charge in [0.1, 0.15) is 11.3 Å². The van der Waals surface area contributed by atoms with Crippen LogP contribution in [0.15, 0.2) is 39.7 Å². The quantitative estimate of drug-likeness (QED) is 0.525. The molecule has 3 rings (SSSR count). The normalized spacial score (nSPS) is 18.4. The summed E-state index contributed by atoms with van der Waals surface area (Å²) in [4.78, 5) is 18.5. The molecule has 6 nitrogen and oxygen atoms in total. The van der Waals surface area contributed by atoms with Gasteiger partial charge in [0, 0.05) is 25.5 Å². The second-order valence-electron chi connectivity index (χ2n) is 6.19. The van der Waals surface area contributed by atoms with Crippen molar-refractivity contribution < 1.29 is 13.9 Å². The Morgan fingerprint density at radius 3 is 3.04 bits per heavy atom. The fourth-order valence-corrected chi connectivity index (χ4v) is 3.24. The third-order valence-electron chi connectivity index (χ3n) is 4.45. The SMILES string of the molecule is CCOC(=O)C1CCCN(C(=NC)NCc2cc3ccccc3o2)C1. The zero-order valence-electron chi connectivity index (χ0n) is 14.8. The number of carbonyl (C=O) groups excluding carboxylic acids is 1. The van der Waals surface area contributed by atoms with Crippen molar-refractivity contribution in [2.75, 3.05) is 26.7 Å². The van der Waals surface area contributed by atoms with Crippen LogP contribution in [-0.4, -0.2) is 43.6 Å². The van der Waals surface area contributed by atoms with E-state index in [2.05, 4.69) is 15.2 Å². The largest absolute Gasteiger partial charge is 0.466 e. The Morgan fingerprint density at radius 2 is 2.28 bits per heavy atom. The van der Waals surface area contributed by atoms with E-state index in [1.54, 1.807) is 7.05 Å². The number of fused-ring (bicyclic) bond motifs is 1. The van der Waals surface area contributed by atoms with Gasteiger partial charge in [0.25, 0.3) is 0 Å². The summed E-state index contributed by atoms with van der Waals surface area (Å²) in [5.74, 6) is 1.45. The molecule has 1 fully saturated rings. The second kappa shape index (κ2) is 8.05. The highest BCUT2D eigenvalue weighted by molar-refractivity contribution is 5.82. The lowest BCUT2D eigenvalue weighted by Crippen LogP contribution is -2.48. The van der Waals surface area contributed by atoms with E-state index in [1.165, 1.54) is 0 Å². The number of furan rings is 1. The maximum absolute atomic E-state index is 12.0. The van der Waals surface area contributed by atoms with E-state index >= 15 is 0 Å². The molecular weight excluding hydrogens is 318 g/mol. The lowest BCUT2D eigenvalue weighted by Gasteiger charge is -2.33. The molecule has 1 saturated heterocycles. The standard InChI is InChI=1S/C19H25N3O3/c1-3-24-18(23)15-8-6-10-22(13-15)19(20-2)21-12-16-11-14-7-4-5-9-17(14)25-16/h4-5,7,9,11,15H,3,6,8,10,12-13H2,1-2H3,(H,20,21). The minimum atomic E-state index is -0.111. The molecule has 1 atom stereocenters. The third kappa shape index (κ3) is 4.13. The van der Waals surface area contributed by atoms with E-state index in [0.717, 1.165) is 42.1 Å². The van der Waals surface area contributed by atoms with Crippen LogP contribution in [0.25, 0.3) is 11.0 Å². The van der Waals surface area contributed by atoms with Gasteiger partial charge in [-0.2, -0.15) is 0 Å². The lowest BCUT2D eigenvalue weighted by atomic mass is 9.98. The highest BCUT2D eigenvalue weighted by Gasteiger charge is 2.28. The number of hydrogen-bond donors (Lipinski definition) is 1. The molecule has 0 spiro atoms. The van der Waals surface area contributed by atoms with E-state index in [4.69, 9.17) is 9.15 Å². The van der Waals surface area contributed by atoms with Crippen molar-refractivity contribution in [1.82, 2.24) is 10.2 Å². The van der Waals surface area contributed by atoms with Gasteiger partial charge in [-0.15, -0.1) is 0 Å². The molecule has 134 valence electrons. The average Bonchev–Trinajstić information content (AvgIpc) is 3.05. The zero-order valence-corrected chi connectivity index (χ0v) is 14.8. The van der Waals surface area contributed by atoms with Gasteiger partial charge in [0.15, 0.2) is 5.96 Å². The average molecular weight is 343 g/mol. The molecule has 1 aromatic heterocycles. The van der Waals surface area contributed by atoms with Crippen molar-refractivity contribution in [3.05, 3.63) is 36.1 Å². The molecule has 2 heterocycles. The predicted octanol–water partition coefficient (Wildman–Crippen LogP) is 2.78. The van der Waals surface area contributed by atoms with Gasteiger partial charge < -0.3 is 19.4 Å². The monoisotopic (exact) mass is 343 g/mol. The Bertz CT molecular complexity index is 720. The highest BCUT2D eigenvalue weighted by atomic mass is 16.5. The number of hydrogen-bond acceptors (Lipinski definition) is 4. The molecule has 25 heavy (non-hydrogen) atoms. The maximum atomic E-state index is 12.0. The van der Waals surface area contributed by atoms with Gasteiger partial charge in [-0.3, -0.25) is 9.79 Å². The van der Waals surface area contributed by atoms with Crippen molar-refractivity contribution in [2.24, 2.45) is 10.9 Å². The Balaban J connectivity index is 1.61. The Kier molecular flexibility index (Phi) is 5.58. The fraction of sp³-hybridized carbons (Fsp3) is 0.474. The summed E-state index contributed by atoms with van der Waals surface area (Å²) in [6.07, 6.45) is 1.82. The predicted molar refractivity (Wildman–Crippen MR) is 97.3 cm³/mol. The number of esters is 1. The molecule has 0 aliphatic carbocycles. The van der Waals surface area contributed by atoms with Crippen molar-refractivity contribution in [1.29, 1.82) is 0 Å². The van der Waals surface area contributed by atoms with E-state index in [-0.39, 0.29) is 11.9 Å². The van der Waals surface area contributed by atoms with Crippen LogP contribution in [0.1, 0.15) is 25.5 Å². The number of nitrogens with one attached hydrogen (secondary N) is 1. The highest BCUT2D eigenvalue weighted by Crippen LogP contribution is 2.20. The molecule has 1 N–H and O–H groups in total. The summed E-state index contributed by atoms with van der Waals surface area (Å²) in [5.41, 5.74) is 0.884. The van der Waals surface area contributed by atoms with E-state index < -0.39 is 0 Å². The number of piperidine rings is 1. The van der Waals surface area contributed by atoms with E-state index in [9.17, 15) is 4.79 Å². The summed E-state index contributed by atoms with van der Waals surface area (Å²) in [6, 6.07) is 9.99. The smallest absolute Gasteiger partial charge is 0.310 e. The van der Waals surface area contributed by atoms with Crippen molar-refractivity contribution in [3.63, 3.8) is 0 Å². The number of likely N-dealkylation sites (tertiary alicyclic amines) is 1. The maximum Gasteiger partial charge on any atom is 0.310 e. The first-order chi connectivity index (χ1) is 12.2. The number of para-hydroxylation sites is 1. The van der Waals surface area contributed by atoms with Crippen molar-refractivity contribution in [3.8, 4) is 0 Å². The number of rotatable bonds is 4. The number of benzene rings is 1. The van der Waals surface area contributed by atoms with Gasteiger partial charge in [-0.1, -0.05) is 18.2 Å². The van der Waals surface area contributed by atoms with Crippen LogP contribution in [0.2, 0.25) is 0 Å². The van der Waals surface area contributed by atoms with Crippen LogP contribution in [0, 0.1) is 5.92 Å². The molecule has 0 radical (unpaired) electrons. The Labute approximate surface area is 147 Å². The van der Waals surface area contributed by atoms with E-state index in [0.29, 0.717) is 19.7 Å². The second-order valence-corrected chi connectivity index (χ2v) is 6.19. The Morgan fingerprint density at radius 1 is 1.44 bits per heavy atom. The minimum absolute atomic E-state index is 0.0848. The molecule has 1 aromatic carbocycles. The third-order valence-corrected chi connectivity index (χ3v) is 4.45. The molecule has 2 aromatic rings.